The highest BCUT2D eigenvalue weighted by Gasteiger charge is 2.12. The van der Waals surface area contributed by atoms with Crippen molar-refractivity contribution in [2.45, 2.75) is 0 Å². The van der Waals surface area contributed by atoms with Crippen LogP contribution in [0.25, 0.3) is 31.9 Å². The second-order valence-corrected chi connectivity index (χ2v) is 5.12. The SMILES string of the molecule is Cn1ncc2ccc3nc(-c4ccco4)sc3c21. The zero-order valence-corrected chi connectivity index (χ0v) is 10.4. The molecule has 0 spiro atoms. The molecule has 4 nitrogen and oxygen atoms in total. The lowest BCUT2D eigenvalue weighted by atomic mass is 10.2. The molecule has 0 radical (unpaired) electrons. The number of nitrogens with zero attached hydrogens (tertiary/aromatic N) is 3. The van der Waals surface area contributed by atoms with E-state index in [0.29, 0.717) is 0 Å². The molecule has 3 heterocycles. The van der Waals surface area contributed by atoms with E-state index in [-0.39, 0.29) is 0 Å². The molecule has 0 atom stereocenters. The van der Waals surface area contributed by atoms with E-state index >= 15 is 0 Å². The number of furan rings is 1. The standard InChI is InChI=1S/C13H9N3OS/c1-16-11-8(7-14-16)4-5-9-12(11)18-13(15-9)10-3-2-6-17-10/h2-7H,1H3. The van der Waals surface area contributed by atoms with Crippen molar-refractivity contribution in [2.24, 2.45) is 7.05 Å². The number of aryl methyl sites for hydroxylation is 1. The summed E-state index contributed by atoms with van der Waals surface area (Å²) < 4.78 is 8.44. The molecule has 0 saturated carbocycles. The summed E-state index contributed by atoms with van der Waals surface area (Å²) in [4.78, 5) is 4.61. The largest absolute Gasteiger partial charge is 0.462 e. The molecular weight excluding hydrogens is 246 g/mol. The van der Waals surface area contributed by atoms with Crippen molar-refractivity contribution < 1.29 is 4.42 Å². The summed E-state index contributed by atoms with van der Waals surface area (Å²) in [6.07, 6.45) is 3.54. The van der Waals surface area contributed by atoms with E-state index in [0.717, 1.165) is 31.9 Å². The Morgan fingerprint density at radius 1 is 1.28 bits per heavy atom. The van der Waals surface area contributed by atoms with Gasteiger partial charge in [0.05, 0.1) is 28.2 Å². The first-order valence-electron chi connectivity index (χ1n) is 5.58. The molecule has 0 bridgehead atoms. The monoisotopic (exact) mass is 255 g/mol. The highest BCUT2D eigenvalue weighted by molar-refractivity contribution is 7.22. The van der Waals surface area contributed by atoms with Crippen LogP contribution in [0.1, 0.15) is 0 Å². The predicted octanol–water partition coefficient (Wildman–Crippen LogP) is 3.44. The Bertz CT molecular complexity index is 842. The average Bonchev–Trinajstić information content (AvgIpc) is 3.05. The summed E-state index contributed by atoms with van der Waals surface area (Å²) in [6.45, 7) is 0. The van der Waals surface area contributed by atoms with Gasteiger partial charge in [0.15, 0.2) is 10.8 Å². The van der Waals surface area contributed by atoms with Crippen molar-refractivity contribution in [3.63, 3.8) is 0 Å². The minimum atomic E-state index is 0.812. The van der Waals surface area contributed by atoms with Crippen LogP contribution in [0.3, 0.4) is 0 Å². The van der Waals surface area contributed by atoms with Crippen molar-refractivity contribution in [1.29, 1.82) is 0 Å². The highest BCUT2D eigenvalue weighted by atomic mass is 32.1. The van der Waals surface area contributed by atoms with Gasteiger partial charge in [-0.1, -0.05) is 0 Å². The zero-order valence-electron chi connectivity index (χ0n) is 9.62. The minimum Gasteiger partial charge on any atom is -0.462 e. The number of aromatic nitrogens is 3. The fraction of sp³-hybridized carbons (Fsp3) is 0.0769. The maximum absolute atomic E-state index is 5.40. The number of benzene rings is 1. The van der Waals surface area contributed by atoms with Crippen molar-refractivity contribution in [1.82, 2.24) is 14.8 Å². The Labute approximate surface area is 106 Å². The first kappa shape index (κ1) is 9.85. The van der Waals surface area contributed by atoms with Crippen LogP contribution in [0.5, 0.6) is 0 Å². The van der Waals surface area contributed by atoms with Crippen LogP contribution in [-0.4, -0.2) is 14.8 Å². The first-order chi connectivity index (χ1) is 8.83. The summed E-state index contributed by atoms with van der Waals surface area (Å²) in [5, 5.41) is 6.33. The Kier molecular flexibility index (Phi) is 1.87. The van der Waals surface area contributed by atoms with E-state index in [4.69, 9.17) is 4.42 Å². The first-order valence-corrected chi connectivity index (χ1v) is 6.40. The molecular formula is C13H9N3OS. The van der Waals surface area contributed by atoms with Gasteiger partial charge < -0.3 is 4.42 Å². The Hall–Kier alpha value is -2.14. The van der Waals surface area contributed by atoms with E-state index in [1.165, 1.54) is 0 Å². The summed E-state index contributed by atoms with van der Waals surface area (Å²) in [5.41, 5.74) is 2.12. The van der Waals surface area contributed by atoms with Gasteiger partial charge >= 0.3 is 0 Å². The molecule has 1 aromatic carbocycles. The molecule has 5 heteroatoms. The van der Waals surface area contributed by atoms with Gasteiger partial charge in [0.1, 0.15) is 0 Å². The van der Waals surface area contributed by atoms with Crippen molar-refractivity contribution >= 4 is 32.5 Å². The smallest absolute Gasteiger partial charge is 0.162 e. The third-order valence-corrected chi connectivity index (χ3v) is 4.08. The molecule has 0 unspecified atom stereocenters. The number of hydrogen-bond acceptors (Lipinski definition) is 4. The second-order valence-electron chi connectivity index (χ2n) is 4.12. The Morgan fingerprint density at radius 2 is 2.22 bits per heavy atom. The molecule has 18 heavy (non-hydrogen) atoms. The fourth-order valence-electron chi connectivity index (χ4n) is 2.14. The van der Waals surface area contributed by atoms with Crippen LogP contribution in [0.4, 0.5) is 0 Å². The summed E-state index contributed by atoms with van der Waals surface area (Å²) in [6, 6.07) is 7.89. The van der Waals surface area contributed by atoms with Gasteiger partial charge in [-0.25, -0.2) is 4.98 Å². The third kappa shape index (κ3) is 1.25. The van der Waals surface area contributed by atoms with Crippen molar-refractivity contribution in [3.8, 4) is 10.8 Å². The van der Waals surface area contributed by atoms with Crippen molar-refractivity contribution in [3.05, 3.63) is 36.7 Å². The molecule has 0 N–H and O–H groups in total. The molecule has 0 aliphatic heterocycles. The van der Waals surface area contributed by atoms with Gasteiger partial charge in [0, 0.05) is 12.4 Å². The topological polar surface area (TPSA) is 43.9 Å². The van der Waals surface area contributed by atoms with Crippen LogP contribution < -0.4 is 0 Å². The number of hydrogen-bond donors (Lipinski definition) is 0. The van der Waals surface area contributed by atoms with Crippen LogP contribution >= 0.6 is 11.3 Å². The molecule has 4 aromatic rings. The lowest BCUT2D eigenvalue weighted by molar-refractivity contribution is 0.582. The normalized spacial score (nSPS) is 11.6. The van der Waals surface area contributed by atoms with Crippen LogP contribution in [-0.2, 0) is 7.05 Å². The predicted molar refractivity (Wildman–Crippen MR) is 71.6 cm³/mol. The Morgan fingerprint density at radius 3 is 3.06 bits per heavy atom. The van der Waals surface area contributed by atoms with Crippen LogP contribution in [0.2, 0.25) is 0 Å². The van der Waals surface area contributed by atoms with E-state index in [9.17, 15) is 0 Å². The van der Waals surface area contributed by atoms with Crippen molar-refractivity contribution in [2.75, 3.05) is 0 Å². The van der Waals surface area contributed by atoms with Gasteiger partial charge in [-0.15, -0.1) is 11.3 Å². The Balaban J connectivity index is 2.10. The van der Waals surface area contributed by atoms with E-state index in [1.807, 2.05) is 36.1 Å². The van der Waals surface area contributed by atoms with Gasteiger partial charge in [0.25, 0.3) is 0 Å². The fourth-order valence-corrected chi connectivity index (χ4v) is 3.26. The molecule has 0 fully saturated rings. The number of thiazole rings is 1. The summed E-state index contributed by atoms with van der Waals surface area (Å²) >= 11 is 1.64. The quantitative estimate of drug-likeness (QED) is 0.523. The van der Waals surface area contributed by atoms with Gasteiger partial charge in [-0.05, 0) is 24.3 Å². The molecule has 3 aromatic heterocycles. The lowest BCUT2D eigenvalue weighted by Crippen LogP contribution is -1.88. The van der Waals surface area contributed by atoms with E-state index in [2.05, 4.69) is 16.1 Å². The highest BCUT2D eigenvalue weighted by Crippen LogP contribution is 2.34. The maximum Gasteiger partial charge on any atom is 0.162 e. The van der Waals surface area contributed by atoms with Gasteiger partial charge in [-0.2, -0.15) is 5.10 Å². The average molecular weight is 255 g/mol. The minimum absolute atomic E-state index is 0.812. The zero-order chi connectivity index (χ0) is 12.1. The van der Waals surface area contributed by atoms with E-state index < -0.39 is 0 Å². The molecule has 0 aliphatic rings. The molecule has 0 aliphatic carbocycles. The summed E-state index contributed by atoms with van der Waals surface area (Å²) in [5.74, 6) is 0.812. The lowest BCUT2D eigenvalue weighted by Gasteiger charge is -1.94. The van der Waals surface area contributed by atoms with Crippen LogP contribution in [0.15, 0.2) is 41.1 Å². The van der Waals surface area contributed by atoms with E-state index in [1.54, 1.807) is 17.6 Å². The van der Waals surface area contributed by atoms with Crippen LogP contribution in [0, 0.1) is 0 Å². The summed E-state index contributed by atoms with van der Waals surface area (Å²) in [7, 11) is 1.95. The number of rotatable bonds is 1. The molecule has 88 valence electrons. The third-order valence-electron chi connectivity index (χ3n) is 2.99. The van der Waals surface area contributed by atoms with Gasteiger partial charge in [0.2, 0.25) is 0 Å². The maximum atomic E-state index is 5.40. The van der Waals surface area contributed by atoms with Gasteiger partial charge in [-0.3, -0.25) is 4.68 Å². The molecule has 4 rings (SSSR count). The number of fused-ring (bicyclic) bond motifs is 3. The second kappa shape index (κ2) is 3.43. The molecule has 0 amide bonds. The molecule has 0 saturated heterocycles.